The molecule has 2 N–H and O–H groups in total. The van der Waals surface area contributed by atoms with Crippen molar-refractivity contribution in [1.82, 2.24) is 10.2 Å². The number of carbonyl (C=O) groups excluding carboxylic acids is 2. The lowest BCUT2D eigenvalue weighted by Gasteiger charge is -2.34. The molecule has 1 aromatic rings. The predicted octanol–water partition coefficient (Wildman–Crippen LogP) is 0.388. The molecule has 0 radical (unpaired) electrons. The Balaban J connectivity index is 2.27. The zero-order valence-electron chi connectivity index (χ0n) is 11.5. The molecule has 0 aromatic carbocycles. The molecule has 0 spiro atoms. The van der Waals surface area contributed by atoms with Gasteiger partial charge < -0.3 is 20.1 Å². The molecule has 110 valence electrons. The molecular weight excluding hydrogens is 280 g/mol. The van der Waals surface area contributed by atoms with Gasteiger partial charge in [-0.2, -0.15) is 0 Å². The first kappa shape index (κ1) is 14.8. The van der Waals surface area contributed by atoms with Crippen LogP contribution >= 0.6 is 11.3 Å². The number of ether oxygens (including phenoxy) is 1. The maximum atomic E-state index is 12.6. The highest BCUT2D eigenvalue weighted by Gasteiger charge is 2.34. The molecule has 1 atom stereocenters. The monoisotopic (exact) mass is 298 g/mol. The van der Waals surface area contributed by atoms with Crippen molar-refractivity contribution in [3.05, 3.63) is 15.8 Å². The van der Waals surface area contributed by atoms with Crippen LogP contribution < -0.4 is 10.1 Å². The molecule has 1 aliphatic heterocycles. The van der Waals surface area contributed by atoms with Crippen LogP contribution in [0, 0.1) is 6.92 Å². The third-order valence-corrected chi connectivity index (χ3v) is 4.25. The van der Waals surface area contributed by atoms with E-state index in [0.29, 0.717) is 23.7 Å². The quantitative estimate of drug-likeness (QED) is 0.843. The van der Waals surface area contributed by atoms with Gasteiger partial charge in [-0.25, -0.2) is 0 Å². The van der Waals surface area contributed by atoms with Crippen LogP contribution in [0.4, 0.5) is 0 Å². The van der Waals surface area contributed by atoms with E-state index in [4.69, 9.17) is 9.84 Å². The number of rotatable bonds is 4. The van der Waals surface area contributed by atoms with Gasteiger partial charge in [-0.1, -0.05) is 0 Å². The van der Waals surface area contributed by atoms with Crippen molar-refractivity contribution in [1.29, 1.82) is 0 Å². The summed E-state index contributed by atoms with van der Waals surface area (Å²) in [5.74, 6) is 0.102. The Morgan fingerprint density at radius 3 is 3.05 bits per heavy atom. The minimum Gasteiger partial charge on any atom is -0.495 e. The van der Waals surface area contributed by atoms with Crippen molar-refractivity contribution < 1.29 is 19.4 Å². The van der Waals surface area contributed by atoms with Crippen molar-refractivity contribution in [2.75, 3.05) is 26.8 Å². The van der Waals surface area contributed by atoms with Crippen LogP contribution in [0.25, 0.3) is 0 Å². The Hall–Kier alpha value is -1.60. The third-order valence-electron chi connectivity index (χ3n) is 3.23. The first-order chi connectivity index (χ1) is 9.58. The lowest BCUT2D eigenvalue weighted by Crippen LogP contribution is -2.57. The van der Waals surface area contributed by atoms with E-state index in [1.54, 1.807) is 0 Å². The first-order valence-electron chi connectivity index (χ1n) is 6.42. The second-order valence-electron chi connectivity index (χ2n) is 4.57. The molecule has 20 heavy (non-hydrogen) atoms. The molecule has 1 unspecified atom stereocenters. The number of methoxy groups -OCH3 is 1. The Morgan fingerprint density at radius 1 is 1.65 bits per heavy atom. The van der Waals surface area contributed by atoms with Gasteiger partial charge in [-0.15, -0.1) is 11.3 Å². The van der Waals surface area contributed by atoms with E-state index >= 15 is 0 Å². The highest BCUT2D eigenvalue weighted by Crippen LogP contribution is 2.30. The lowest BCUT2D eigenvalue weighted by atomic mass is 10.1. The maximum Gasteiger partial charge on any atom is 0.268 e. The number of carbonyl (C=O) groups is 2. The molecule has 2 rings (SSSR count). The summed E-state index contributed by atoms with van der Waals surface area (Å²) in [6.07, 6.45) is 0.240. The lowest BCUT2D eigenvalue weighted by molar-refractivity contribution is -0.128. The van der Waals surface area contributed by atoms with E-state index in [-0.39, 0.29) is 24.8 Å². The van der Waals surface area contributed by atoms with Gasteiger partial charge >= 0.3 is 0 Å². The van der Waals surface area contributed by atoms with Gasteiger partial charge in [0.1, 0.15) is 16.7 Å². The molecule has 0 aliphatic carbocycles. The summed E-state index contributed by atoms with van der Waals surface area (Å²) >= 11 is 1.35. The average molecular weight is 298 g/mol. The topological polar surface area (TPSA) is 78.9 Å². The number of aliphatic hydroxyl groups excluding tert-OH is 1. The van der Waals surface area contributed by atoms with Gasteiger partial charge in [0.05, 0.1) is 7.11 Å². The highest BCUT2D eigenvalue weighted by atomic mass is 32.1. The molecule has 6 nitrogen and oxygen atoms in total. The van der Waals surface area contributed by atoms with Gasteiger partial charge in [0.15, 0.2) is 0 Å². The van der Waals surface area contributed by atoms with Crippen LogP contribution in [0.1, 0.15) is 21.0 Å². The largest absolute Gasteiger partial charge is 0.495 e. The van der Waals surface area contributed by atoms with E-state index in [0.717, 1.165) is 4.88 Å². The van der Waals surface area contributed by atoms with Crippen LogP contribution in [0.5, 0.6) is 5.75 Å². The summed E-state index contributed by atoms with van der Waals surface area (Å²) in [6, 6.07) is 1.19. The normalized spacial score (nSPS) is 18.9. The van der Waals surface area contributed by atoms with Crippen LogP contribution in [-0.4, -0.2) is 54.7 Å². The molecule has 2 amide bonds. The Morgan fingerprint density at radius 2 is 2.40 bits per heavy atom. The highest BCUT2D eigenvalue weighted by molar-refractivity contribution is 7.14. The zero-order chi connectivity index (χ0) is 14.7. The predicted molar refractivity (Wildman–Crippen MR) is 75.1 cm³/mol. The second-order valence-corrected chi connectivity index (χ2v) is 5.83. The summed E-state index contributed by atoms with van der Waals surface area (Å²) in [6.45, 7) is 2.63. The van der Waals surface area contributed by atoms with Gasteiger partial charge in [0.25, 0.3) is 5.91 Å². The molecule has 1 aromatic heterocycles. The maximum absolute atomic E-state index is 12.6. The molecule has 7 heteroatoms. The van der Waals surface area contributed by atoms with E-state index in [9.17, 15) is 9.59 Å². The molecule has 0 bridgehead atoms. The van der Waals surface area contributed by atoms with Crippen LogP contribution in [0.15, 0.2) is 6.07 Å². The van der Waals surface area contributed by atoms with Gasteiger partial charge in [0.2, 0.25) is 5.91 Å². The van der Waals surface area contributed by atoms with Crippen molar-refractivity contribution in [2.45, 2.75) is 19.4 Å². The van der Waals surface area contributed by atoms with Gasteiger partial charge in [-0.05, 0) is 19.4 Å². The number of hydrogen-bond donors (Lipinski definition) is 2. The van der Waals surface area contributed by atoms with Crippen LogP contribution in [0.2, 0.25) is 0 Å². The van der Waals surface area contributed by atoms with Gasteiger partial charge in [0, 0.05) is 24.6 Å². The summed E-state index contributed by atoms with van der Waals surface area (Å²) in [4.78, 5) is 27.5. The molecule has 1 aliphatic rings. The first-order valence-corrected chi connectivity index (χ1v) is 7.24. The fourth-order valence-electron chi connectivity index (χ4n) is 2.29. The van der Waals surface area contributed by atoms with E-state index in [1.165, 1.54) is 23.3 Å². The third kappa shape index (κ3) is 2.78. The minimum absolute atomic E-state index is 0.136. The molecule has 1 fully saturated rings. The number of hydrogen-bond acceptors (Lipinski definition) is 5. The average Bonchev–Trinajstić information content (AvgIpc) is 2.81. The second kappa shape index (κ2) is 6.23. The fraction of sp³-hybridized carbons (Fsp3) is 0.538. The fourth-order valence-corrected chi connectivity index (χ4v) is 3.22. The summed E-state index contributed by atoms with van der Waals surface area (Å²) in [5.41, 5.74) is 0. The van der Waals surface area contributed by atoms with Crippen LogP contribution in [-0.2, 0) is 4.79 Å². The van der Waals surface area contributed by atoms with E-state index in [1.807, 2.05) is 13.0 Å². The minimum atomic E-state index is -0.617. The van der Waals surface area contributed by atoms with Crippen molar-refractivity contribution in [2.24, 2.45) is 0 Å². The number of aryl methyl sites for hydroxylation is 1. The number of aliphatic hydroxyl groups is 1. The summed E-state index contributed by atoms with van der Waals surface area (Å²) in [5, 5.41) is 11.8. The SMILES string of the molecule is COc1cc(C)sc1C(=O)N1CCNC(=O)C1CCO. The van der Waals surface area contributed by atoms with E-state index in [2.05, 4.69) is 5.32 Å². The Labute approximate surface area is 121 Å². The molecule has 0 saturated carbocycles. The number of piperazine rings is 1. The number of amides is 2. The number of thiophene rings is 1. The number of nitrogens with zero attached hydrogens (tertiary/aromatic N) is 1. The summed E-state index contributed by atoms with van der Waals surface area (Å²) in [7, 11) is 1.52. The number of nitrogens with one attached hydrogen (secondary N) is 1. The molecule has 1 saturated heterocycles. The van der Waals surface area contributed by atoms with Crippen molar-refractivity contribution in [3.8, 4) is 5.75 Å². The Kier molecular flexibility index (Phi) is 4.61. The summed E-state index contributed by atoms with van der Waals surface area (Å²) < 4.78 is 5.21. The zero-order valence-corrected chi connectivity index (χ0v) is 12.3. The van der Waals surface area contributed by atoms with Gasteiger partial charge in [-0.3, -0.25) is 9.59 Å². The van der Waals surface area contributed by atoms with Crippen LogP contribution in [0.3, 0.4) is 0 Å². The Bertz CT molecular complexity index is 514. The van der Waals surface area contributed by atoms with E-state index < -0.39 is 6.04 Å². The molecule has 2 heterocycles. The molecular formula is C13H18N2O4S. The van der Waals surface area contributed by atoms with Crippen molar-refractivity contribution in [3.63, 3.8) is 0 Å². The van der Waals surface area contributed by atoms with Crippen molar-refractivity contribution >= 4 is 23.2 Å². The standard InChI is InChI=1S/C13H18N2O4S/c1-8-7-10(19-2)11(20-8)13(18)15-5-4-14-12(17)9(15)3-6-16/h7,9,16H,3-6H2,1-2H3,(H,14,17). The smallest absolute Gasteiger partial charge is 0.268 e.